The third-order valence-electron chi connectivity index (χ3n) is 2.72. The van der Waals surface area contributed by atoms with Gasteiger partial charge in [0.15, 0.2) is 0 Å². The highest BCUT2D eigenvalue weighted by Crippen LogP contribution is 2.10. The van der Waals surface area contributed by atoms with Gasteiger partial charge in [-0.3, -0.25) is 4.79 Å². The molecule has 6 heteroatoms. The summed E-state index contributed by atoms with van der Waals surface area (Å²) in [6.45, 7) is 10.2. The lowest BCUT2D eigenvalue weighted by atomic mass is 10.1. The van der Waals surface area contributed by atoms with Gasteiger partial charge in [-0.15, -0.1) is 0 Å². The molecule has 1 aliphatic heterocycles. The van der Waals surface area contributed by atoms with Gasteiger partial charge in [0.2, 0.25) is 5.91 Å². The predicted octanol–water partition coefficient (Wildman–Crippen LogP) is -0.250. The van der Waals surface area contributed by atoms with Crippen LogP contribution in [0.15, 0.2) is 0 Å². The Balaban J connectivity index is 2.27. The van der Waals surface area contributed by atoms with Crippen LogP contribution in [0.4, 0.5) is 0 Å². The number of nitrogens with zero attached hydrogens (tertiary/aromatic N) is 1. The van der Waals surface area contributed by atoms with Crippen LogP contribution in [0.25, 0.3) is 0 Å². The fourth-order valence-electron chi connectivity index (χ4n) is 1.74. The van der Waals surface area contributed by atoms with Gasteiger partial charge in [-0.2, -0.15) is 0 Å². The smallest absolute Gasteiger partial charge is 0.230 e. The highest BCUT2D eigenvalue weighted by molar-refractivity contribution is 8.23. The van der Waals surface area contributed by atoms with E-state index in [1.54, 1.807) is 4.90 Å². The van der Waals surface area contributed by atoms with E-state index in [-0.39, 0.29) is 11.4 Å². The Morgan fingerprint density at radius 2 is 1.94 bits per heavy atom. The number of quaternary nitrogens is 1. The van der Waals surface area contributed by atoms with Crippen molar-refractivity contribution in [1.29, 1.82) is 0 Å². The summed E-state index contributed by atoms with van der Waals surface area (Å²) >= 11 is 6.84. The molecule has 0 aliphatic carbocycles. The minimum absolute atomic E-state index is 0.0506. The number of carbonyl (C=O) groups excluding carboxylic acids is 1. The van der Waals surface area contributed by atoms with E-state index in [1.807, 2.05) is 20.8 Å². The van der Waals surface area contributed by atoms with E-state index in [1.165, 1.54) is 11.8 Å². The van der Waals surface area contributed by atoms with E-state index >= 15 is 0 Å². The molecule has 0 atom stereocenters. The Hall–Kier alpha value is -0.330. The summed E-state index contributed by atoms with van der Waals surface area (Å²) in [6.07, 6.45) is 0. The highest BCUT2D eigenvalue weighted by Gasteiger charge is 2.20. The molecule has 2 N–H and O–H groups in total. The SMILES string of the molecule is C[NH+]1CCN(C(=S)SCC(=O)NC(C)(C)C)CC1. The van der Waals surface area contributed by atoms with Gasteiger partial charge in [-0.25, -0.2) is 0 Å². The second kappa shape index (κ2) is 6.73. The molecule has 0 aromatic rings. The van der Waals surface area contributed by atoms with Crippen molar-refractivity contribution in [2.75, 3.05) is 39.0 Å². The molecule has 104 valence electrons. The molecule has 1 saturated heterocycles. The minimum atomic E-state index is -0.170. The molecule has 0 aromatic heterocycles. The number of rotatable bonds is 2. The van der Waals surface area contributed by atoms with Gasteiger partial charge < -0.3 is 15.1 Å². The molecular weight excluding hydrogens is 266 g/mol. The van der Waals surface area contributed by atoms with E-state index in [0.29, 0.717) is 5.75 Å². The lowest BCUT2D eigenvalue weighted by Gasteiger charge is -2.31. The number of carbonyl (C=O) groups is 1. The van der Waals surface area contributed by atoms with Crippen molar-refractivity contribution < 1.29 is 9.69 Å². The molecule has 1 fully saturated rings. The van der Waals surface area contributed by atoms with Crippen molar-refractivity contribution in [3.63, 3.8) is 0 Å². The first-order valence-electron chi connectivity index (χ1n) is 6.32. The average Bonchev–Trinajstić information content (AvgIpc) is 2.24. The lowest BCUT2D eigenvalue weighted by Crippen LogP contribution is -3.12. The molecule has 0 unspecified atom stereocenters. The lowest BCUT2D eigenvalue weighted by molar-refractivity contribution is -0.883. The summed E-state index contributed by atoms with van der Waals surface area (Å²) in [7, 11) is 2.20. The van der Waals surface area contributed by atoms with Crippen molar-refractivity contribution in [3.8, 4) is 0 Å². The Morgan fingerprint density at radius 1 is 1.39 bits per heavy atom. The van der Waals surface area contributed by atoms with E-state index in [2.05, 4.69) is 17.3 Å². The van der Waals surface area contributed by atoms with E-state index in [0.717, 1.165) is 30.5 Å². The summed E-state index contributed by atoms with van der Waals surface area (Å²) in [4.78, 5) is 15.4. The van der Waals surface area contributed by atoms with Gasteiger partial charge in [0.05, 0.1) is 39.0 Å². The van der Waals surface area contributed by atoms with Gasteiger partial charge in [-0.05, 0) is 20.8 Å². The number of hydrogen-bond acceptors (Lipinski definition) is 3. The molecule has 0 aromatic carbocycles. The Kier molecular flexibility index (Phi) is 5.88. The zero-order chi connectivity index (χ0) is 13.8. The van der Waals surface area contributed by atoms with Crippen molar-refractivity contribution in [2.24, 2.45) is 0 Å². The summed E-state index contributed by atoms with van der Waals surface area (Å²) < 4.78 is 0.853. The van der Waals surface area contributed by atoms with Crippen LogP contribution in [-0.4, -0.2) is 59.6 Å². The van der Waals surface area contributed by atoms with Crippen molar-refractivity contribution in [1.82, 2.24) is 10.2 Å². The Labute approximate surface area is 119 Å². The first kappa shape index (κ1) is 15.7. The van der Waals surface area contributed by atoms with Crippen LogP contribution in [0, 0.1) is 0 Å². The maximum absolute atomic E-state index is 11.7. The number of amides is 1. The molecule has 1 rings (SSSR count). The van der Waals surface area contributed by atoms with Crippen LogP contribution in [0.2, 0.25) is 0 Å². The summed E-state index contributed by atoms with van der Waals surface area (Å²) in [6, 6.07) is 0. The third kappa shape index (κ3) is 6.02. The quantitative estimate of drug-likeness (QED) is 0.688. The van der Waals surface area contributed by atoms with Crippen molar-refractivity contribution >= 4 is 34.2 Å². The van der Waals surface area contributed by atoms with Crippen LogP contribution >= 0.6 is 24.0 Å². The Morgan fingerprint density at radius 3 is 2.44 bits per heavy atom. The van der Waals surface area contributed by atoms with E-state index < -0.39 is 0 Å². The standard InChI is InChI=1S/C12H23N3OS2/c1-12(2,3)13-10(16)9-18-11(17)15-7-5-14(4)6-8-15/h5-9H2,1-4H3,(H,13,16)/p+1. The topological polar surface area (TPSA) is 36.8 Å². The van der Waals surface area contributed by atoms with Gasteiger partial charge >= 0.3 is 0 Å². The van der Waals surface area contributed by atoms with Gasteiger partial charge in [0.1, 0.15) is 4.32 Å². The number of likely N-dealkylation sites (N-methyl/N-ethyl adjacent to an activating group) is 1. The molecule has 0 radical (unpaired) electrons. The molecular formula is C12H24N3OS2+. The van der Waals surface area contributed by atoms with Crippen LogP contribution in [0.3, 0.4) is 0 Å². The first-order valence-corrected chi connectivity index (χ1v) is 7.71. The highest BCUT2D eigenvalue weighted by atomic mass is 32.2. The third-order valence-corrected chi connectivity index (χ3v) is 4.24. The molecule has 0 bridgehead atoms. The monoisotopic (exact) mass is 290 g/mol. The van der Waals surface area contributed by atoms with E-state index in [9.17, 15) is 4.79 Å². The second-order valence-electron chi connectivity index (χ2n) is 5.80. The van der Waals surface area contributed by atoms with Crippen molar-refractivity contribution in [3.05, 3.63) is 0 Å². The van der Waals surface area contributed by atoms with Crippen molar-refractivity contribution in [2.45, 2.75) is 26.3 Å². The molecule has 4 nitrogen and oxygen atoms in total. The normalized spacial score (nSPS) is 17.7. The number of piperazine rings is 1. The largest absolute Gasteiger partial charge is 0.351 e. The zero-order valence-electron chi connectivity index (χ0n) is 11.7. The molecule has 1 heterocycles. The molecule has 1 amide bonds. The fourth-order valence-corrected chi connectivity index (χ4v) is 2.80. The number of thiocarbonyl (C=S) groups is 1. The average molecular weight is 290 g/mol. The molecule has 18 heavy (non-hydrogen) atoms. The Bertz CT molecular complexity index is 307. The number of thioether (sulfide) groups is 1. The van der Waals surface area contributed by atoms with Gasteiger partial charge in [-0.1, -0.05) is 24.0 Å². The molecule has 0 saturated carbocycles. The summed E-state index contributed by atoms with van der Waals surface area (Å²) in [5.74, 6) is 0.463. The molecule has 1 aliphatic rings. The first-order chi connectivity index (χ1) is 8.28. The summed E-state index contributed by atoms with van der Waals surface area (Å²) in [5, 5.41) is 2.94. The predicted molar refractivity (Wildman–Crippen MR) is 81.1 cm³/mol. The fraction of sp³-hybridized carbons (Fsp3) is 0.833. The number of nitrogens with one attached hydrogen (secondary N) is 2. The number of hydrogen-bond donors (Lipinski definition) is 2. The van der Waals surface area contributed by atoms with Gasteiger partial charge in [0.25, 0.3) is 0 Å². The van der Waals surface area contributed by atoms with Crippen LogP contribution < -0.4 is 10.2 Å². The van der Waals surface area contributed by atoms with Gasteiger partial charge in [0, 0.05) is 5.54 Å². The van der Waals surface area contributed by atoms with Crippen LogP contribution in [0.1, 0.15) is 20.8 Å². The zero-order valence-corrected chi connectivity index (χ0v) is 13.3. The molecule has 0 spiro atoms. The summed E-state index contributed by atoms with van der Waals surface area (Å²) in [5.41, 5.74) is -0.170. The van der Waals surface area contributed by atoms with E-state index in [4.69, 9.17) is 12.2 Å². The minimum Gasteiger partial charge on any atom is -0.351 e. The maximum Gasteiger partial charge on any atom is 0.230 e. The van der Waals surface area contributed by atoms with Crippen LogP contribution in [0.5, 0.6) is 0 Å². The second-order valence-corrected chi connectivity index (χ2v) is 7.41. The maximum atomic E-state index is 11.7. The van der Waals surface area contributed by atoms with Crippen LogP contribution in [-0.2, 0) is 4.79 Å².